The quantitative estimate of drug-likeness (QED) is 0.782. The van der Waals surface area contributed by atoms with E-state index in [0.29, 0.717) is 17.3 Å². The number of amides is 1. The number of benzene rings is 1. The molecule has 1 heterocycles. The van der Waals surface area contributed by atoms with E-state index in [0.717, 1.165) is 31.7 Å². The van der Waals surface area contributed by atoms with Crippen LogP contribution in [0.1, 0.15) is 23.2 Å². The van der Waals surface area contributed by atoms with Gasteiger partial charge in [0.25, 0.3) is 0 Å². The first-order valence-corrected chi connectivity index (χ1v) is 6.09. The molecular weight excluding hydrogens is 230 g/mol. The molecule has 0 atom stereocenters. The van der Waals surface area contributed by atoms with Gasteiger partial charge in [-0.15, -0.1) is 0 Å². The first-order valence-electron chi connectivity index (χ1n) is 6.09. The number of anilines is 2. The number of carbonyl (C=O) groups excluding carboxylic acids is 1. The molecule has 1 aromatic rings. The summed E-state index contributed by atoms with van der Waals surface area (Å²) in [7, 11) is 2.02. The summed E-state index contributed by atoms with van der Waals surface area (Å²) in [6, 6.07) is 5.63. The molecule has 1 aromatic carbocycles. The van der Waals surface area contributed by atoms with Crippen molar-refractivity contribution in [1.82, 2.24) is 0 Å². The van der Waals surface area contributed by atoms with E-state index in [1.165, 1.54) is 0 Å². The summed E-state index contributed by atoms with van der Waals surface area (Å²) in [4.78, 5) is 13.2. The number of ether oxygens (including phenoxy) is 1. The van der Waals surface area contributed by atoms with Gasteiger partial charge < -0.3 is 21.1 Å². The van der Waals surface area contributed by atoms with E-state index >= 15 is 0 Å². The lowest BCUT2D eigenvalue weighted by Gasteiger charge is -2.33. The average Bonchev–Trinajstić information content (AvgIpc) is 2.38. The molecule has 0 aromatic heterocycles. The Labute approximate surface area is 107 Å². The number of rotatable bonds is 3. The fourth-order valence-corrected chi connectivity index (χ4v) is 2.30. The third-order valence-corrected chi connectivity index (χ3v) is 3.43. The number of hydrogen-bond acceptors (Lipinski definition) is 4. The lowest BCUT2D eigenvalue weighted by Crippen LogP contribution is -2.37. The number of nitrogens with two attached hydrogens (primary N) is 2. The molecule has 0 unspecified atom stereocenters. The van der Waals surface area contributed by atoms with E-state index in [-0.39, 0.29) is 0 Å². The number of carbonyl (C=O) groups is 1. The minimum absolute atomic E-state index is 0.431. The van der Waals surface area contributed by atoms with E-state index in [4.69, 9.17) is 16.2 Å². The van der Waals surface area contributed by atoms with Crippen molar-refractivity contribution >= 4 is 17.3 Å². The molecule has 18 heavy (non-hydrogen) atoms. The topological polar surface area (TPSA) is 81.6 Å². The highest BCUT2D eigenvalue weighted by molar-refractivity contribution is 5.94. The van der Waals surface area contributed by atoms with Crippen molar-refractivity contribution in [2.24, 2.45) is 5.73 Å². The Morgan fingerprint density at radius 3 is 2.61 bits per heavy atom. The van der Waals surface area contributed by atoms with Crippen LogP contribution in [0.2, 0.25) is 0 Å². The minimum atomic E-state index is -0.457. The highest BCUT2D eigenvalue weighted by atomic mass is 16.5. The summed E-state index contributed by atoms with van der Waals surface area (Å²) in [5.41, 5.74) is 13.2. The zero-order valence-electron chi connectivity index (χ0n) is 10.6. The second-order valence-corrected chi connectivity index (χ2v) is 4.59. The van der Waals surface area contributed by atoms with E-state index in [9.17, 15) is 4.79 Å². The molecule has 0 aliphatic carbocycles. The largest absolute Gasteiger partial charge is 0.397 e. The molecule has 2 rings (SSSR count). The Morgan fingerprint density at radius 2 is 2.06 bits per heavy atom. The number of nitrogens with zero attached hydrogens (tertiary/aromatic N) is 1. The molecule has 0 radical (unpaired) electrons. The Bertz CT molecular complexity index is 442. The van der Waals surface area contributed by atoms with Crippen molar-refractivity contribution < 1.29 is 9.53 Å². The monoisotopic (exact) mass is 249 g/mol. The van der Waals surface area contributed by atoms with E-state index < -0.39 is 5.91 Å². The Morgan fingerprint density at radius 1 is 1.39 bits per heavy atom. The van der Waals surface area contributed by atoms with Crippen molar-refractivity contribution in [3.05, 3.63) is 23.8 Å². The lowest BCUT2D eigenvalue weighted by atomic mass is 10.1. The van der Waals surface area contributed by atoms with Gasteiger partial charge in [-0.25, -0.2) is 0 Å². The highest BCUT2D eigenvalue weighted by Gasteiger charge is 2.20. The molecule has 1 aliphatic heterocycles. The van der Waals surface area contributed by atoms with Gasteiger partial charge in [0.15, 0.2) is 0 Å². The standard InChI is InChI=1S/C13H19N3O2/c1-16(10-4-6-18-7-5-10)12-3-2-9(13(15)17)8-11(12)14/h2-3,8,10H,4-7,14H2,1H3,(H2,15,17). The van der Waals surface area contributed by atoms with Crippen LogP contribution in [0.15, 0.2) is 18.2 Å². The first-order chi connectivity index (χ1) is 8.59. The molecule has 1 aliphatic rings. The molecule has 0 spiro atoms. The number of nitrogen functional groups attached to an aromatic ring is 1. The lowest BCUT2D eigenvalue weighted by molar-refractivity contribution is 0.0855. The fourth-order valence-electron chi connectivity index (χ4n) is 2.30. The molecular formula is C13H19N3O2. The molecule has 1 fully saturated rings. The normalized spacial score (nSPS) is 16.5. The fraction of sp³-hybridized carbons (Fsp3) is 0.462. The average molecular weight is 249 g/mol. The summed E-state index contributed by atoms with van der Waals surface area (Å²) in [6.07, 6.45) is 1.99. The van der Waals surface area contributed by atoms with Crippen LogP contribution in [0.25, 0.3) is 0 Å². The van der Waals surface area contributed by atoms with Crippen LogP contribution in [-0.4, -0.2) is 32.2 Å². The van der Waals surface area contributed by atoms with Gasteiger partial charge >= 0.3 is 0 Å². The molecule has 1 saturated heterocycles. The first kappa shape index (κ1) is 12.7. The molecule has 0 bridgehead atoms. The predicted octanol–water partition coefficient (Wildman–Crippen LogP) is 0.983. The van der Waals surface area contributed by atoms with Crippen LogP contribution in [0.5, 0.6) is 0 Å². The zero-order chi connectivity index (χ0) is 13.1. The molecule has 0 saturated carbocycles. The van der Waals surface area contributed by atoms with Crippen molar-refractivity contribution in [3.8, 4) is 0 Å². The molecule has 5 nitrogen and oxygen atoms in total. The minimum Gasteiger partial charge on any atom is -0.397 e. The van der Waals surface area contributed by atoms with E-state index in [1.54, 1.807) is 12.1 Å². The summed E-state index contributed by atoms with van der Waals surface area (Å²) in [5.74, 6) is -0.457. The van der Waals surface area contributed by atoms with Crippen LogP contribution in [0, 0.1) is 0 Å². The van der Waals surface area contributed by atoms with Gasteiger partial charge in [-0.05, 0) is 31.0 Å². The maximum Gasteiger partial charge on any atom is 0.248 e. The van der Waals surface area contributed by atoms with Crippen molar-refractivity contribution in [2.45, 2.75) is 18.9 Å². The number of hydrogen-bond donors (Lipinski definition) is 2. The Balaban J connectivity index is 2.19. The van der Waals surface area contributed by atoms with Gasteiger partial charge in [-0.1, -0.05) is 0 Å². The van der Waals surface area contributed by atoms with Crippen molar-refractivity contribution in [3.63, 3.8) is 0 Å². The summed E-state index contributed by atoms with van der Waals surface area (Å²) in [6.45, 7) is 1.57. The second kappa shape index (κ2) is 5.27. The second-order valence-electron chi connectivity index (χ2n) is 4.59. The van der Waals surface area contributed by atoms with Crippen LogP contribution >= 0.6 is 0 Å². The maximum absolute atomic E-state index is 11.1. The van der Waals surface area contributed by atoms with Crippen molar-refractivity contribution in [2.75, 3.05) is 30.9 Å². The van der Waals surface area contributed by atoms with Gasteiger partial charge in [0.05, 0.1) is 11.4 Å². The van der Waals surface area contributed by atoms with E-state index in [1.807, 2.05) is 13.1 Å². The highest BCUT2D eigenvalue weighted by Crippen LogP contribution is 2.27. The summed E-state index contributed by atoms with van der Waals surface area (Å²) < 4.78 is 5.35. The Hall–Kier alpha value is -1.75. The van der Waals surface area contributed by atoms with Gasteiger partial charge in [-0.3, -0.25) is 4.79 Å². The molecule has 98 valence electrons. The Kier molecular flexibility index (Phi) is 3.72. The predicted molar refractivity (Wildman–Crippen MR) is 71.6 cm³/mol. The number of primary amides is 1. The van der Waals surface area contributed by atoms with Gasteiger partial charge in [-0.2, -0.15) is 0 Å². The van der Waals surface area contributed by atoms with Crippen LogP contribution in [0.3, 0.4) is 0 Å². The third-order valence-electron chi connectivity index (χ3n) is 3.43. The van der Waals surface area contributed by atoms with Crippen LogP contribution in [0.4, 0.5) is 11.4 Å². The smallest absolute Gasteiger partial charge is 0.248 e. The SMILES string of the molecule is CN(c1ccc(C(N)=O)cc1N)C1CCOCC1. The van der Waals surface area contributed by atoms with Gasteiger partial charge in [0, 0.05) is 31.9 Å². The van der Waals surface area contributed by atoms with Crippen molar-refractivity contribution in [1.29, 1.82) is 0 Å². The maximum atomic E-state index is 11.1. The summed E-state index contributed by atoms with van der Waals surface area (Å²) >= 11 is 0. The molecule has 5 heteroatoms. The molecule has 4 N–H and O–H groups in total. The van der Waals surface area contributed by atoms with Gasteiger partial charge in [0.1, 0.15) is 0 Å². The summed E-state index contributed by atoms with van der Waals surface area (Å²) in [5, 5.41) is 0. The van der Waals surface area contributed by atoms with Crippen LogP contribution < -0.4 is 16.4 Å². The van der Waals surface area contributed by atoms with E-state index in [2.05, 4.69) is 4.90 Å². The van der Waals surface area contributed by atoms with Gasteiger partial charge in [0.2, 0.25) is 5.91 Å². The molecule has 1 amide bonds. The zero-order valence-corrected chi connectivity index (χ0v) is 10.6. The third kappa shape index (κ3) is 2.56. The van der Waals surface area contributed by atoms with Crippen LogP contribution in [-0.2, 0) is 4.74 Å².